The molecule has 0 unspecified atom stereocenters. The number of carbonyl (C=O) groups excluding carboxylic acids is 1. The highest BCUT2D eigenvalue weighted by atomic mass is 32.2. The van der Waals surface area contributed by atoms with Crippen LogP contribution >= 0.6 is 0 Å². The van der Waals surface area contributed by atoms with Gasteiger partial charge in [0.1, 0.15) is 0 Å². The first-order valence-electron chi connectivity index (χ1n) is 7.59. The van der Waals surface area contributed by atoms with Gasteiger partial charge in [0.15, 0.2) is 0 Å². The maximum atomic E-state index is 12.5. The van der Waals surface area contributed by atoms with Gasteiger partial charge in [0.05, 0.1) is 4.90 Å². The summed E-state index contributed by atoms with van der Waals surface area (Å²) in [6, 6.07) is 5.69. The molecule has 0 saturated heterocycles. The van der Waals surface area contributed by atoms with E-state index in [1.807, 2.05) is 6.92 Å². The average Bonchev–Trinajstić information content (AvgIpc) is 2.54. The van der Waals surface area contributed by atoms with Crippen LogP contribution in [0.3, 0.4) is 0 Å². The van der Waals surface area contributed by atoms with Gasteiger partial charge in [0.2, 0.25) is 0 Å². The number of benzene rings is 1. The number of urea groups is 1. The molecule has 24 heavy (non-hydrogen) atoms. The fourth-order valence-corrected chi connectivity index (χ4v) is 3.00. The van der Waals surface area contributed by atoms with Crippen LogP contribution in [-0.4, -0.2) is 21.0 Å². The highest BCUT2D eigenvalue weighted by Gasteiger charge is 2.15. The van der Waals surface area contributed by atoms with Gasteiger partial charge in [0, 0.05) is 17.9 Å². The lowest BCUT2D eigenvalue weighted by atomic mass is 10.3. The summed E-state index contributed by atoms with van der Waals surface area (Å²) in [6.07, 6.45) is 7.23. The minimum atomic E-state index is -3.73. The quantitative estimate of drug-likeness (QED) is 0.630. The molecule has 1 rings (SSSR count). The fourth-order valence-electron chi connectivity index (χ4n) is 1.78. The summed E-state index contributed by atoms with van der Waals surface area (Å²) >= 11 is 0. The van der Waals surface area contributed by atoms with Crippen molar-refractivity contribution >= 4 is 21.7 Å². The molecule has 6 nitrogen and oxygen atoms in total. The lowest BCUT2D eigenvalue weighted by molar-refractivity contribution is 0.252. The predicted octanol–water partition coefficient (Wildman–Crippen LogP) is 3.14. The Hall–Kier alpha value is -2.54. The molecule has 0 saturated carbocycles. The Morgan fingerprint density at radius 2 is 2.00 bits per heavy atom. The number of sulfonamides is 1. The van der Waals surface area contributed by atoms with E-state index in [0.29, 0.717) is 24.4 Å². The number of carbonyl (C=O) groups is 1. The van der Waals surface area contributed by atoms with E-state index in [1.165, 1.54) is 12.1 Å². The van der Waals surface area contributed by atoms with E-state index in [-0.39, 0.29) is 10.9 Å². The van der Waals surface area contributed by atoms with Gasteiger partial charge in [-0.25, -0.2) is 13.2 Å². The Morgan fingerprint density at radius 1 is 1.25 bits per heavy atom. The van der Waals surface area contributed by atoms with E-state index in [2.05, 4.69) is 21.9 Å². The van der Waals surface area contributed by atoms with Crippen molar-refractivity contribution in [2.75, 3.05) is 11.9 Å². The van der Waals surface area contributed by atoms with Crippen LogP contribution in [0.15, 0.2) is 65.7 Å². The summed E-state index contributed by atoms with van der Waals surface area (Å²) in [5.41, 5.74) is 0.951. The zero-order chi connectivity index (χ0) is 18.0. The molecule has 1 aromatic carbocycles. The first kappa shape index (κ1) is 19.5. The number of hydrogen-bond donors (Lipinski definition) is 3. The Balaban J connectivity index is 2.97. The maximum Gasteiger partial charge on any atom is 0.319 e. The third kappa shape index (κ3) is 6.29. The van der Waals surface area contributed by atoms with E-state index in [9.17, 15) is 13.2 Å². The maximum absolute atomic E-state index is 12.5. The van der Waals surface area contributed by atoms with E-state index in [1.54, 1.807) is 43.4 Å². The normalized spacial score (nSPS) is 12.0. The summed E-state index contributed by atoms with van der Waals surface area (Å²) in [4.78, 5) is 11.6. The minimum absolute atomic E-state index is 0.0730. The van der Waals surface area contributed by atoms with Gasteiger partial charge in [-0.15, -0.1) is 0 Å². The van der Waals surface area contributed by atoms with Crippen LogP contribution < -0.4 is 15.4 Å². The van der Waals surface area contributed by atoms with Crippen molar-refractivity contribution in [2.24, 2.45) is 0 Å². The highest BCUT2D eigenvalue weighted by Crippen LogP contribution is 2.16. The molecule has 0 aromatic heterocycles. The molecule has 0 aliphatic carbocycles. The van der Waals surface area contributed by atoms with Gasteiger partial charge in [-0.05, 0) is 37.6 Å². The molecule has 0 aliphatic heterocycles. The first-order valence-corrected chi connectivity index (χ1v) is 9.07. The minimum Gasteiger partial charge on any atom is -0.338 e. The van der Waals surface area contributed by atoms with Crippen molar-refractivity contribution < 1.29 is 13.2 Å². The van der Waals surface area contributed by atoms with Crippen molar-refractivity contribution in [2.45, 2.75) is 25.2 Å². The smallest absolute Gasteiger partial charge is 0.319 e. The lowest BCUT2D eigenvalue weighted by Gasteiger charge is -2.11. The van der Waals surface area contributed by atoms with E-state index in [0.717, 1.165) is 0 Å². The fraction of sp³-hybridized carbons (Fsp3) is 0.235. The molecule has 3 N–H and O–H groups in total. The zero-order valence-electron chi connectivity index (χ0n) is 13.9. The Labute approximate surface area is 143 Å². The molecule has 2 amide bonds. The Bertz CT molecular complexity index is 737. The van der Waals surface area contributed by atoms with Crippen molar-refractivity contribution in [3.8, 4) is 0 Å². The average molecular weight is 349 g/mol. The van der Waals surface area contributed by atoms with Gasteiger partial charge < -0.3 is 10.6 Å². The topological polar surface area (TPSA) is 87.3 Å². The summed E-state index contributed by atoms with van der Waals surface area (Å²) in [5.74, 6) is 0. The number of hydrogen-bond acceptors (Lipinski definition) is 3. The summed E-state index contributed by atoms with van der Waals surface area (Å²) < 4.78 is 27.5. The van der Waals surface area contributed by atoms with Gasteiger partial charge in [-0.2, -0.15) is 0 Å². The number of amides is 2. The van der Waals surface area contributed by atoms with E-state index >= 15 is 0 Å². The van der Waals surface area contributed by atoms with Gasteiger partial charge in [0.25, 0.3) is 10.0 Å². The number of allylic oxidation sites excluding steroid dienone is 5. The van der Waals surface area contributed by atoms with Crippen LogP contribution in [-0.2, 0) is 10.0 Å². The molecular weight excluding hydrogens is 326 g/mol. The van der Waals surface area contributed by atoms with Crippen molar-refractivity contribution in [1.29, 1.82) is 0 Å². The van der Waals surface area contributed by atoms with E-state index < -0.39 is 10.0 Å². The van der Waals surface area contributed by atoms with Crippen LogP contribution in [0.2, 0.25) is 0 Å². The summed E-state index contributed by atoms with van der Waals surface area (Å²) in [6.45, 7) is 7.68. The summed E-state index contributed by atoms with van der Waals surface area (Å²) in [7, 11) is -3.73. The van der Waals surface area contributed by atoms with Crippen molar-refractivity contribution in [3.05, 3.63) is 60.8 Å². The van der Waals surface area contributed by atoms with Gasteiger partial charge >= 0.3 is 6.03 Å². The van der Waals surface area contributed by atoms with E-state index in [4.69, 9.17) is 0 Å². The van der Waals surface area contributed by atoms with Crippen LogP contribution in [0.25, 0.3) is 0 Å². The largest absolute Gasteiger partial charge is 0.338 e. The lowest BCUT2D eigenvalue weighted by Crippen LogP contribution is -2.28. The molecule has 0 spiro atoms. The second-order valence-electron chi connectivity index (χ2n) is 4.78. The van der Waals surface area contributed by atoms with Crippen LogP contribution in [0.4, 0.5) is 10.5 Å². The number of rotatable bonds is 8. The molecule has 0 radical (unpaired) electrons. The number of nitrogens with one attached hydrogen (secondary N) is 3. The van der Waals surface area contributed by atoms with Crippen LogP contribution in [0.5, 0.6) is 0 Å². The number of anilines is 1. The molecule has 0 heterocycles. The molecule has 0 aliphatic rings. The van der Waals surface area contributed by atoms with Crippen molar-refractivity contribution in [3.63, 3.8) is 0 Å². The third-order valence-corrected chi connectivity index (χ3v) is 4.34. The van der Waals surface area contributed by atoms with Crippen LogP contribution in [0.1, 0.15) is 20.3 Å². The Morgan fingerprint density at radius 3 is 2.62 bits per heavy atom. The molecule has 0 fully saturated rings. The third-order valence-electron chi connectivity index (χ3n) is 2.93. The predicted molar refractivity (Wildman–Crippen MR) is 97.2 cm³/mol. The second-order valence-corrected chi connectivity index (χ2v) is 6.47. The molecule has 1 aromatic rings. The molecular formula is C17H23N3O3S. The van der Waals surface area contributed by atoms with Gasteiger partial charge in [-0.1, -0.05) is 37.8 Å². The SMILES string of the molecule is C=CC=CC=C(CC)NS(=O)(=O)c1cccc(NC(=O)NCC)c1. The molecule has 130 valence electrons. The molecule has 0 bridgehead atoms. The zero-order valence-corrected chi connectivity index (χ0v) is 14.7. The second kappa shape index (κ2) is 9.57. The van der Waals surface area contributed by atoms with Crippen LogP contribution in [0, 0.1) is 0 Å². The Kier molecular flexibility index (Phi) is 7.77. The molecule has 0 atom stereocenters. The summed E-state index contributed by atoms with van der Waals surface area (Å²) in [5, 5.41) is 5.17. The first-order chi connectivity index (χ1) is 11.4. The molecule has 7 heteroatoms. The highest BCUT2D eigenvalue weighted by molar-refractivity contribution is 7.89. The monoisotopic (exact) mass is 349 g/mol. The standard InChI is InChI=1S/C17H23N3O3S/c1-4-7-8-10-14(5-2)20-24(22,23)16-12-9-11-15(13-16)19-17(21)18-6-3/h4,7-13,20H,1,5-6H2,2-3H3,(H2,18,19,21). The van der Waals surface area contributed by atoms with Gasteiger partial charge in [-0.3, -0.25) is 4.72 Å². The van der Waals surface area contributed by atoms with Crippen molar-refractivity contribution in [1.82, 2.24) is 10.0 Å².